The number of carbonyl (C=O) groups is 1. The van der Waals surface area contributed by atoms with Crippen molar-refractivity contribution in [3.8, 4) is 5.75 Å². The summed E-state index contributed by atoms with van der Waals surface area (Å²) in [6.07, 6.45) is 1.50. The van der Waals surface area contributed by atoms with Crippen molar-refractivity contribution in [1.82, 2.24) is 0 Å². The molecule has 0 radical (unpaired) electrons. The average Bonchev–Trinajstić information content (AvgIpc) is 2.54. The Labute approximate surface area is 132 Å². The van der Waals surface area contributed by atoms with Crippen LogP contribution in [0.25, 0.3) is 10.9 Å². The molecule has 0 saturated heterocycles. The van der Waals surface area contributed by atoms with E-state index in [-0.39, 0.29) is 12.3 Å². The third-order valence-corrected chi connectivity index (χ3v) is 3.24. The fourth-order valence-electron chi connectivity index (χ4n) is 2.09. The summed E-state index contributed by atoms with van der Waals surface area (Å²) >= 11 is 0. The second-order valence-electron chi connectivity index (χ2n) is 4.46. The quantitative estimate of drug-likeness (QED) is 0.440. The number of hydrogen-bond donors (Lipinski definition) is 0. The van der Waals surface area contributed by atoms with Gasteiger partial charge in [-0.25, -0.2) is 4.85 Å². The number of anilines is 1. The van der Waals surface area contributed by atoms with E-state index in [0.717, 1.165) is 18.8 Å². The predicted molar refractivity (Wildman–Crippen MR) is 87.8 cm³/mol. The molecule has 118 valence electrons. The van der Waals surface area contributed by atoms with Gasteiger partial charge < -0.3 is 14.4 Å². The van der Waals surface area contributed by atoms with E-state index in [2.05, 4.69) is 23.6 Å². The van der Waals surface area contributed by atoms with Crippen LogP contribution in [-0.4, -0.2) is 32.8 Å². The van der Waals surface area contributed by atoms with Gasteiger partial charge in [0, 0.05) is 30.4 Å². The molecule has 0 amide bonds. The average molecular weight is 302 g/mol. The van der Waals surface area contributed by atoms with Crippen molar-refractivity contribution < 1.29 is 14.3 Å². The minimum atomic E-state index is -0.618. The first-order valence-electron chi connectivity index (χ1n) is 7.30. The normalized spacial score (nSPS) is 10.8. The monoisotopic (exact) mass is 302 g/mol. The number of rotatable bonds is 7. The molecule has 0 heterocycles. The topological polar surface area (TPSA) is 43.1 Å². The number of methoxy groups -OCH3 is 1. The largest absolute Gasteiger partial charge is 0.496 e. The van der Waals surface area contributed by atoms with E-state index in [1.807, 2.05) is 18.2 Å². The first kappa shape index (κ1) is 17.6. The number of carbonyl (C=O) groups excluding carboxylic acids is 1. The molecule has 0 atom stereocenters. The third kappa shape index (κ3) is 4.26. The molecule has 0 aliphatic rings. The van der Waals surface area contributed by atoms with Crippen molar-refractivity contribution in [2.24, 2.45) is 0 Å². The van der Waals surface area contributed by atoms with E-state index < -0.39 is 5.97 Å². The van der Waals surface area contributed by atoms with Crippen LogP contribution in [0.2, 0.25) is 0 Å². The molecule has 0 aliphatic heterocycles. The van der Waals surface area contributed by atoms with Crippen LogP contribution in [0.4, 0.5) is 5.69 Å². The van der Waals surface area contributed by atoms with Crippen molar-refractivity contribution in [2.45, 2.75) is 20.8 Å². The van der Waals surface area contributed by atoms with Gasteiger partial charge in [0.15, 0.2) is 0 Å². The summed E-state index contributed by atoms with van der Waals surface area (Å²) in [5.41, 5.74) is 1.66. The number of hydrogen-bond acceptors (Lipinski definition) is 4. The van der Waals surface area contributed by atoms with E-state index in [1.54, 1.807) is 14.0 Å². The Kier molecular flexibility index (Phi) is 6.97. The maximum Gasteiger partial charge on any atom is 0.336 e. The van der Waals surface area contributed by atoms with Crippen LogP contribution in [0.3, 0.4) is 0 Å². The molecule has 0 spiro atoms. The molecule has 1 aromatic carbocycles. The van der Waals surface area contributed by atoms with Gasteiger partial charge in [0.25, 0.3) is 5.70 Å². The van der Waals surface area contributed by atoms with Crippen LogP contribution in [0.1, 0.15) is 26.3 Å². The summed E-state index contributed by atoms with van der Waals surface area (Å²) in [6.45, 7) is 15.0. The first-order valence-corrected chi connectivity index (χ1v) is 7.30. The lowest BCUT2D eigenvalue weighted by molar-refractivity contribution is -0.138. The first-order chi connectivity index (χ1) is 10.6. The van der Waals surface area contributed by atoms with E-state index in [0.29, 0.717) is 11.3 Å². The van der Waals surface area contributed by atoms with E-state index in [9.17, 15) is 4.79 Å². The van der Waals surface area contributed by atoms with Gasteiger partial charge in [-0.3, -0.25) is 4.79 Å². The fraction of sp³-hybridized carbons (Fsp3) is 0.412. The Morgan fingerprint density at radius 3 is 2.50 bits per heavy atom. The highest BCUT2D eigenvalue weighted by atomic mass is 16.5. The molecule has 5 heteroatoms. The van der Waals surface area contributed by atoms with Crippen LogP contribution < -0.4 is 9.64 Å². The third-order valence-electron chi connectivity index (χ3n) is 3.24. The smallest absolute Gasteiger partial charge is 0.336 e. The summed E-state index contributed by atoms with van der Waals surface area (Å²) in [6, 6.07) is 5.70. The molecule has 0 unspecified atom stereocenters. The number of ether oxygens (including phenoxy) is 2. The van der Waals surface area contributed by atoms with Crippen molar-refractivity contribution in [3.63, 3.8) is 0 Å². The van der Waals surface area contributed by atoms with Gasteiger partial charge >= 0.3 is 5.97 Å². The molecule has 0 aliphatic carbocycles. The van der Waals surface area contributed by atoms with Crippen molar-refractivity contribution in [3.05, 3.63) is 40.9 Å². The Morgan fingerprint density at radius 2 is 2.00 bits per heavy atom. The van der Waals surface area contributed by atoms with Crippen molar-refractivity contribution in [1.29, 1.82) is 0 Å². The van der Waals surface area contributed by atoms with Crippen LogP contribution in [0, 0.1) is 6.57 Å². The Hall–Kier alpha value is -2.48. The molecule has 0 saturated carbocycles. The van der Waals surface area contributed by atoms with E-state index >= 15 is 0 Å². The van der Waals surface area contributed by atoms with Crippen LogP contribution >= 0.6 is 0 Å². The van der Waals surface area contributed by atoms with E-state index in [4.69, 9.17) is 16.0 Å². The molecule has 0 N–H and O–H groups in total. The zero-order valence-electron chi connectivity index (χ0n) is 13.5. The molecule has 22 heavy (non-hydrogen) atoms. The van der Waals surface area contributed by atoms with Gasteiger partial charge in [-0.2, -0.15) is 0 Å². The molecular formula is C17H22N2O3. The Balaban J connectivity index is 3.20. The molecule has 1 aromatic rings. The molecule has 5 nitrogen and oxygen atoms in total. The van der Waals surface area contributed by atoms with Crippen molar-refractivity contribution >= 4 is 17.7 Å². The van der Waals surface area contributed by atoms with Gasteiger partial charge in [-0.15, -0.1) is 0 Å². The maximum absolute atomic E-state index is 11.7. The highest BCUT2D eigenvalue weighted by Crippen LogP contribution is 2.28. The minimum absolute atomic E-state index is 0.0595. The second kappa shape index (κ2) is 8.73. The summed E-state index contributed by atoms with van der Waals surface area (Å²) in [4.78, 5) is 17.1. The number of esters is 1. The molecule has 0 fully saturated rings. The zero-order chi connectivity index (χ0) is 16.5. The number of nitrogens with zero attached hydrogens (tertiary/aromatic N) is 2. The highest BCUT2D eigenvalue weighted by molar-refractivity contribution is 5.96. The predicted octanol–water partition coefficient (Wildman–Crippen LogP) is 3.36. The Bertz CT molecular complexity index is 584. The van der Waals surface area contributed by atoms with Gasteiger partial charge in [0.1, 0.15) is 5.75 Å². The lowest BCUT2D eigenvalue weighted by Crippen LogP contribution is -2.21. The zero-order valence-corrected chi connectivity index (χ0v) is 13.5. The Morgan fingerprint density at radius 1 is 1.32 bits per heavy atom. The van der Waals surface area contributed by atoms with Crippen LogP contribution in [-0.2, 0) is 9.53 Å². The second-order valence-corrected chi connectivity index (χ2v) is 4.46. The minimum Gasteiger partial charge on any atom is -0.496 e. The lowest BCUT2D eigenvalue weighted by Gasteiger charge is -2.22. The standard InChI is InChI=1S/C17H22N2O3/c1-6-19(7-2)14-10-9-13(16(12-14)21-5)11-15(18-4)17(20)22-8-3/h9-12H,6-8H2,1-3,5H3. The van der Waals surface area contributed by atoms with Gasteiger partial charge in [-0.05, 0) is 32.9 Å². The van der Waals surface area contributed by atoms with Crippen LogP contribution in [0.5, 0.6) is 5.75 Å². The number of benzene rings is 1. The van der Waals surface area contributed by atoms with Crippen LogP contribution in [0.15, 0.2) is 23.9 Å². The lowest BCUT2D eigenvalue weighted by atomic mass is 10.1. The maximum atomic E-state index is 11.7. The molecular weight excluding hydrogens is 280 g/mol. The molecule has 1 rings (SSSR count). The summed E-state index contributed by atoms with van der Waals surface area (Å²) in [7, 11) is 1.57. The van der Waals surface area contributed by atoms with E-state index in [1.165, 1.54) is 6.08 Å². The SMILES string of the molecule is [C-]#[N+]C(=Cc1ccc(N(CC)CC)cc1OC)C(=O)OCC. The molecule has 0 aromatic heterocycles. The summed E-state index contributed by atoms with van der Waals surface area (Å²) in [5.74, 6) is 0.00206. The highest BCUT2D eigenvalue weighted by Gasteiger charge is 2.13. The summed E-state index contributed by atoms with van der Waals surface area (Å²) < 4.78 is 10.3. The fourth-order valence-corrected chi connectivity index (χ4v) is 2.09. The summed E-state index contributed by atoms with van der Waals surface area (Å²) in [5, 5.41) is 0. The van der Waals surface area contributed by atoms with Gasteiger partial charge in [0.2, 0.25) is 0 Å². The van der Waals surface area contributed by atoms with Gasteiger partial charge in [0.05, 0.1) is 20.3 Å². The van der Waals surface area contributed by atoms with Gasteiger partial charge in [-0.1, -0.05) is 6.07 Å². The molecule has 0 bridgehead atoms. The van der Waals surface area contributed by atoms with Crippen molar-refractivity contribution in [2.75, 3.05) is 31.7 Å².